The minimum atomic E-state index is -0.732. The quantitative estimate of drug-likeness (QED) is 0.925. The van der Waals surface area contributed by atoms with Crippen molar-refractivity contribution in [3.05, 3.63) is 35.9 Å². The van der Waals surface area contributed by atoms with E-state index in [2.05, 4.69) is 38.1 Å². The van der Waals surface area contributed by atoms with E-state index in [1.807, 2.05) is 17.9 Å². The molecule has 0 radical (unpaired) electrons. The van der Waals surface area contributed by atoms with Gasteiger partial charge in [-0.2, -0.15) is 0 Å². The molecule has 1 aliphatic heterocycles. The summed E-state index contributed by atoms with van der Waals surface area (Å²) in [6.07, 6.45) is 3.84. The molecule has 3 nitrogen and oxygen atoms in total. The van der Waals surface area contributed by atoms with E-state index in [4.69, 9.17) is 5.73 Å². The smallest absolute Gasteiger partial charge is 0.242 e. The number of amides is 1. The molecule has 1 aliphatic rings. The van der Waals surface area contributed by atoms with Crippen molar-refractivity contribution in [1.29, 1.82) is 0 Å². The molecular formula is C18H28N2O. The summed E-state index contributed by atoms with van der Waals surface area (Å²) in [7, 11) is 0. The number of carbonyl (C=O) groups excluding carboxylic acids is 1. The van der Waals surface area contributed by atoms with Gasteiger partial charge in [-0.1, -0.05) is 50.6 Å². The highest BCUT2D eigenvalue weighted by Crippen LogP contribution is 2.34. The lowest BCUT2D eigenvalue weighted by Crippen LogP contribution is -2.57. The fourth-order valence-corrected chi connectivity index (χ4v) is 3.48. The molecule has 2 N–H and O–H groups in total. The standard InChI is InChI=1S/C18H28N2O/c1-4-11-18(3,19)16(21)20-13-8-12-17(2,14-20)15-9-6-5-7-10-15/h5-7,9-10H,4,8,11-14,19H2,1-3H3. The molecule has 1 aromatic rings. The number of rotatable bonds is 4. The molecule has 1 amide bonds. The van der Waals surface area contributed by atoms with E-state index in [1.165, 1.54) is 5.56 Å². The van der Waals surface area contributed by atoms with Crippen LogP contribution >= 0.6 is 0 Å². The van der Waals surface area contributed by atoms with E-state index in [0.717, 1.165) is 38.8 Å². The van der Waals surface area contributed by atoms with E-state index >= 15 is 0 Å². The third kappa shape index (κ3) is 3.46. The van der Waals surface area contributed by atoms with E-state index in [0.29, 0.717) is 0 Å². The highest BCUT2D eigenvalue weighted by Gasteiger charge is 2.39. The zero-order valence-corrected chi connectivity index (χ0v) is 13.6. The third-order valence-electron chi connectivity index (χ3n) is 4.71. The monoisotopic (exact) mass is 288 g/mol. The van der Waals surface area contributed by atoms with Crippen LogP contribution in [0.15, 0.2) is 30.3 Å². The van der Waals surface area contributed by atoms with Gasteiger partial charge in [-0.25, -0.2) is 0 Å². The summed E-state index contributed by atoms with van der Waals surface area (Å²) >= 11 is 0. The molecule has 2 atom stereocenters. The highest BCUT2D eigenvalue weighted by atomic mass is 16.2. The van der Waals surface area contributed by atoms with Crippen molar-refractivity contribution >= 4 is 5.91 Å². The lowest BCUT2D eigenvalue weighted by atomic mass is 9.75. The van der Waals surface area contributed by atoms with E-state index < -0.39 is 5.54 Å². The van der Waals surface area contributed by atoms with Gasteiger partial charge in [0, 0.05) is 18.5 Å². The molecule has 0 aromatic heterocycles. The normalized spacial score (nSPS) is 25.4. The molecule has 1 heterocycles. The highest BCUT2D eigenvalue weighted by molar-refractivity contribution is 5.85. The molecular weight excluding hydrogens is 260 g/mol. The van der Waals surface area contributed by atoms with Crippen LogP contribution in [0.3, 0.4) is 0 Å². The Morgan fingerprint density at radius 3 is 2.67 bits per heavy atom. The number of hydrogen-bond acceptors (Lipinski definition) is 2. The van der Waals surface area contributed by atoms with Crippen molar-refractivity contribution < 1.29 is 4.79 Å². The number of nitrogens with two attached hydrogens (primary N) is 1. The van der Waals surface area contributed by atoms with Crippen LogP contribution in [0.1, 0.15) is 52.0 Å². The van der Waals surface area contributed by atoms with Crippen molar-refractivity contribution in [2.75, 3.05) is 13.1 Å². The maximum absolute atomic E-state index is 12.7. The molecule has 116 valence electrons. The van der Waals surface area contributed by atoms with Gasteiger partial charge in [0.1, 0.15) is 0 Å². The number of benzene rings is 1. The van der Waals surface area contributed by atoms with Crippen molar-refractivity contribution in [3.63, 3.8) is 0 Å². The molecule has 1 aromatic carbocycles. The van der Waals surface area contributed by atoms with Crippen LogP contribution in [0.4, 0.5) is 0 Å². The van der Waals surface area contributed by atoms with Crippen LogP contribution in [0.25, 0.3) is 0 Å². The fourth-order valence-electron chi connectivity index (χ4n) is 3.48. The summed E-state index contributed by atoms with van der Waals surface area (Å²) in [5, 5.41) is 0. The van der Waals surface area contributed by atoms with Gasteiger partial charge in [0.25, 0.3) is 0 Å². The summed E-state index contributed by atoms with van der Waals surface area (Å²) in [5.41, 5.74) is 6.86. The number of hydrogen-bond donors (Lipinski definition) is 1. The molecule has 0 spiro atoms. The average molecular weight is 288 g/mol. The van der Waals surface area contributed by atoms with Crippen LogP contribution in [-0.4, -0.2) is 29.4 Å². The first-order valence-corrected chi connectivity index (χ1v) is 8.03. The minimum absolute atomic E-state index is 0.0392. The van der Waals surface area contributed by atoms with E-state index in [-0.39, 0.29) is 11.3 Å². The molecule has 21 heavy (non-hydrogen) atoms. The molecule has 1 fully saturated rings. The molecule has 1 saturated heterocycles. The van der Waals surface area contributed by atoms with E-state index in [9.17, 15) is 4.79 Å². The second-order valence-electron chi connectivity index (χ2n) is 6.92. The number of nitrogens with zero attached hydrogens (tertiary/aromatic N) is 1. The van der Waals surface area contributed by atoms with Crippen molar-refractivity contribution in [1.82, 2.24) is 4.90 Å². The Morgan fingerprint density at radius 2 is 2.05 bits per heavy atom. The fraction of sp³-hybridized carbons (Fsp3) is 0.611. The first-order valence-electron chi connectivity index (χ1n) is 8.03. The summed E-state index contributed by atoms with van der Waals surface area (Å²) in [4.78, 5) is 14.7. The molecule has 0 aliphatic carbocycles. The zero-order valence-electron chi connectivity index (χ0n) is 13.6. The lowest BCUT2D eigenvalue weighted by Gasteiger charge is -2.43. The third-order valence-corrected chi connectivity index (χ3v) is 4.71. The Hall–Kier alpha value is -1.35. The summed E-state index contributed by atoms with van der Waals surface area (Å²) in [6, 6.07) is 10.5. The number of carbonyl (C=O) groups is 1. The predicted octanol–water partition coefficient (Wildman–Crippen LogP) is 3.08. The molecule has 2 rings (SSSR count). The Balaban J connectivity index is 2.16. The first-order chi connectivity index (χ1) is 9.89. The van der Waals surface area contributed by atoms with Crippen molar-refractivity contribution in [2.45, 2.75) is 57.4 Å². The lowest BCUT2D eigenvalue weighted by molar-refractivity contribution is -0.138. The summed E-state index contributed by atoms with van der Waals surface area (Å²) < 4.78 is 0. The van der Waals surface area contributed by atoms with Gasteiger partial charge in [0.2, 0.25) is 5.91 Å². The van der Waals surface area contributed by atoms with Crippen LogP contribution in [0.2, 0.25) is 0 Å². The number of likely N-dealkylation sites (tertiary alicyclic amines) is 1. The minimum Gasteiger partial charge on any atom is -0.340 e. The molecule has 3 heteroatoms. The average Bonchev–Trinajstić information content (AvgIpc) is 2.47. The Kier molecular flexibility index (Phi) is 4.72. The van der Waals surface area contributed by atoms with Crippen LogP contribution in [0.5, 0.6) is 0 Å². The van der Waals surface area contributed by atoms with Gasteiger partial charge in [-0.3, -0.25) is 4.79 Å². The Bertz CT molecular complexity index is 483. The van der Waals surface area contributed by atoms with Gasteiger partial charge in [-0.05, 0) is 31.7 Å². The Morgan fingerprint density at radius 1 is 1.38 bits per heavy atom. The molecule has 2 unspecified atom stereocenters. The van der Waals surface area contributed by atoms with Crippen LogP contribution in [-0.2, 0) is 10.2 Å². The Labute approximate surface area is 128 Å². The van der Waals surface area contributed by atoms with Crippen molar-refractivity contribution in [3.8, 4) is 0 Å². The van der Waals surface area contributed by atoms with Gasteiger partial charge in [0.05, 0.1) is 5.54 Å². The second kappa shape index (κ2) is 6.18. The first kappa shape index (κ1) is 16.0. The SMILES string of the molecule is CCCC(C)(N)C(=O)N1CCCC(C)(c2ccccc2)C1. The van der Waals surface area contributed by atoms with Gasteiger partial charge in [0.15, 0.2) is 0 Å². The maximum atomic E-state index is 12.7. The number of piperidine rings is 1. The molecule has 0 bridgehead atoms. The second-order valence-corrected chi connectivity index (χ2v) is 6.92. The summed E-state index contributed by atoms with van der Waals surface area (Å²) in [6.45, 7) is 7.80. The maximum Gasteiger partial charge on any atom is 0.242 e. The summed E-state index contributed by atoms with van der Waals surface area (Å²) in [5.74, 6) is 0.103. The topological polar surface area (TPSA) is 46.3 Å². The van der Waals surface area contributed by atoms with Crippen LogP contribution in [0, 0.1) is 0 Å². The van der Waals surface area contributed by atoms with Gasteiger partial charge in [-0.15, -0.1) is 0 Å². The van der Waals surface area contributed by atoms with Crippen LogP contribution < -0.4 is 5.73 Å². The van der Waals surface area contributed by atoms with Gasteiger partial charge < -0.3 is 10.6 Å². The predicted molar refractivity (Wildman–Crippen MR) is 87.1 cm³/mol. The molecule has 0 saturated carbocycles. The van der Waals surface area contributed by atoms with Crippen molar-refractivity contribution in [2.24, 2.45) is 5.73 Å². The van der Waals surface area contributed by atoms with Gasteiger partial charge >= 0.3 is 0 Å². The largest absolute Gasteiger partial charge is 0.340 e. The zero-order chi connectivity index (χ0) is 15.5. The van der Waals surface area contributed by atoms with E-state index in [1.54, 1.807) is 0 Å².